The zero-order valence-corrected chi connectivity index (χ0v) is 9.74. The van der Waals surface area contributed by atoms with E-state index < -0.39 is 23.4 Å². The molecule has 0 saturated heterocycles. The van der Waals surface area contributed by atoms with E-state index in [0.717, 1.165) is 0 Å². The lowest BCUT2D eigenvalue weighted by molar-refractivity contribution is 0.0950. The third-order valence-electron chi connectivity index (χ3n) is 2.43. The Morgan fingerprint density at radius 2 is 1.95 bits per heavy atom. The summed E-state index contributed by atoms with van der Waals surface area (Å²) in [5.74, 6) is -5.05. The first-order chi connectivity index (χ1) is 9.08. The van der Waals surface area contributed by atoms with Crippen LogP contribution in [0.4, 0.5) is 13.2 Å². The van der Waals surface area contributed by atoms with Gasteiger partial charge < -0.3 is 5.32 Å². The van der Waals surface area contributed by atoms with Gasteiger partial charge in [-0.05, 0) is 18.2 Å². The van der Waals surface area contributed by atoms with Crippen LogP contribution in [0.15, 0.2) is 30.6 Å². The van der Waals surface area contributed by atoms with Gasteiger partial charge in [0.15, 0.2) is 17.5 Å². The summed E-state index contributed by atoms with van der Waals surface area (Å²) in [7, 11) is 0. The smallest absolute Gasteiger partial charge is 0.251 e. The largest absolute Gasteiger partial charge is 0.350 e. The van der Waals surface area contributed by atoms with Gasteiger partial charge in [-0.3, -0.25) is 9.48 Å². The lowest BCUT2D eigenvalue weighted by Gasteiger charge is -2.06. The second kappa shape index (κ2) is 5.55. The number of carbonyl (C=O) groups is 1. The van der Waals surface area contributed by atoms with Crippen LogP contribution in [-0.4, -0.2) is 22.2 Å². The molecule has 0 aliphatic carbocycles. The van der Waals surface area contributed by atoms with Gasteiger partial charge in [0.2, 0.25) is 0 Å². The van der Waals surface area contributed by atoms with Crippen molar-refractivity contribution in [3.8, 4) is 0 Å². The van der Waals surface area contributed by atoms with Crippen LogP contribution < -0.4 is 5.32 Å². The molecule has 100 valence electrons. The lowest BCUT2D eigenvalue weighted by atomic mass is 10.2. The molecule has 0 saturated carbocycles. The standard InChI is InChI=1S/C12H10F3N3O/c13-9-6-8(7-10(14)11(9)15)12(19)16-3-5-18-4-1-2-17-18/h1-2,4,6-7H,3,5H2,(H,16,19). The molecule has 1 aromatic carbocycles. The predicted octanol–water partition coefficient (Wildman–Crippen LogP) is 1.73. The SMILES string of the molecule is O=C(NCCn1cccn1)c1cc(F)c(F)c(F)c1. The number of amides is 1. The number of hydrogen-bond acceptors (Lipinski definition) is 2. The van der Waals surface area contributed by atoms with Crippen LogP contribution >= 0.6 is 0 Å². The van der Waals surface area contributed by atoms with Gasteiger partial charge in [-0.25, -0.2) is 13.2 Å². The van der Waals surface area contributed by atoms with Gasteiger partial charge in [-0.1, -0.05) is 0 Å². The molecule has 0 aliphatic heterocycles. The van der Waals surface area contributed by atoms with Crippen molar-refractivity contribution in [1.29, 1.82) is 0 Å². The van der Waals surface area contributed by atoms with Crippen LogP contribution in [-0.2, 0) is 6.54 Å². The highest BCUT2D eigenvalue weighted by atomic mass is 19.2. The Kier molecular flexibility index (Phi) is 3.84. The maximum absolute atomic E-state index is 12.9. The minimum absolute atomic E-state index is 0.237. The van der Waals surface area contributed by atoms with Crippen LogP contribution in [0, 0.1) is 17.5 Å². The summed E-state index contributed by atoms with van der Waals surface area (Å²) in [5, 5.41) is 6.38. The van der Waals surface area contributed by atoms with E-state index in [9.17, 15) is 18.0 Å². The normalized spacial score (nSPS) is 10.5. The second-order valence-electron chi connectivity index (χ2n) is 3.78. The fraction of sp³-hybridized carbons (Fsp3) is 0.167. The summed E-state index contributed by atoms with van der Waals surface area (Å²) >= 11 is 0. The molecule has 7 heteroatoms. The van der Waals surface area contributed by atoms with Crippen molar-refractivity contribution >= 4 is 5.91 Å². The van der Waals surface area contributed by atoms with Crippen LogP contribution in [0.5, 0.6) is 0 Å². The van der Waals surface area contributed by atoms with Crippen molar-refractivity contribution in [1.82, 2.24) is 15.1 Å². The van der Waals surface area contributed by atoms with Crippen LogP contribution in [0.3, 0.4) is 0 Å². The van der Waals surface area contributed by atoms with Crippen LogP contribution in [0.2, 0.25) is 0 Å². The zero-order valence-electron chi connectivity index (χ0n) is 9.74. The van der Waals surface area contributed by atoms with Crippen molar-refractivity contribution in [3.05, 3.63) is 53.6 Å². The minimum atomic E-state index is -1.59. The molecule has 1 heterocycles. The topological polar surface area (TPSA) is 46.9 Å². The van der Waals surface area contributed by atoms with Crippen molar-refractivity contribution in [3.63, 3.8) is 0 Å². The summed E-state index contributed by atoms with van der Waals surface area (Å²) in [6.07, 6.45) is 3.30. The second-order valence-corrected chi connectivity index (χ2v) is 3.78. The Bertz CT molecular complexity index is 561. The number of nitrogens with zero attached hydrogens (tertiary/aromatic N) is 2. The van der Waals surface area contributed by atoms with Crippen molar-refractivity contribution < 1.29 is 18.0 Å². The van der Waals surface area contributed by atoms with Crippen LogP contribution in [0.25, 0.3) is 0 Å². The molecule has 4 nitrogen and oxygen atoms in total. The monoisotopic (exact) mass is 269 g/mol. The van der Waals surface area contributed by atoms with Gasteiger partial charge in [-0.15, -0.1) is 0 Å². The minimum Gasteiger partial charge on any atom is -0.350 e. The highest BCUT2D eigenvalue weighted by molar-refractivity contribution is 5.94. The Labute approximate surface area is 106 Å². The highest BCUT2D eigenvalue weighted by Gasteiger charge is 2.14. The van der Waals surface area contributed by atoms with E-state index in [-0.39, 0.29) is 12.1 Å². The molecule has 19 heavy (non-hydrogen) atoms. The van der Waals surface area contributed by atoms with E-state index in [4.69, 9.17) is 0 Å². The third-order valence-corrected chi connectivity index (χ3v) is 2.43. The van der Waals surface area contributed by atoms with E-state index in [1.807, 2.05) is 0 Å². The molecule has 0 atom stereocenters. The molecule has 0 bridgehead atoms. The van der Waals surface area contributed by atoms with Gasteiger partial charge in [-0.2, -0.15) is 5.10 Å². The third kappa shape index (κ3) is 3.12. The molecular formula is C12H10F3N3O. The molecule has 1 N–H and O–H groups in total. The van der Waals surface area contributed by atoms with Gasteiger partial charge in [0.25, 0.3) is 5.91 Å². The van der Waals surface area contributed by atoms with E-state index in [0.29, 0.717) is 18.7 Å². The summed E-state index contributed by atoms with van der Waals surface area (Å²) in [5.41, 5.74) is -0.267. The van der Waals surface area contributed by atoms with Gasteiger partial charge in [0, 0.05) is 24.5 Å². The average Bonchev–Trinajstić information content (AvgIpc) is 2.88. The molecule has 0 spiro atoms. The zero-order chi connectivity index (χ0) is 13.8. The Morgan fingerprint density at radius 1 is 1.26 bits per heavy atom. The van der Waals surface area contributed by atoms with Gasteiger partial charge >= 0.3 is 0 Å². The fourth-order valence-corrected chi connectivity index (χ4v) is 1.51. The predicted molar refractivity (Wildman–Crippen MR) is 60.9 cm³/mol. The first-order valence-electron chi connectivity index (χ1n) is 5.48. The van der Waals surface area contributed by atoms with E-state index in [1.54, 1.807) is 23.1 Å². The van der Waals surface area contributed by atoms with Crippen molar-refractivity contribution in [2.24, 2.45) is 0 Å². The maximum atomic E-state index is 12.9. The summed E-state index contributed by atoms with van der Waals surface area (Å²) in [4.78, 5) is 11.6. The summed E-state index contributed by atoms with van der Waals surface area (Å²) in [6.45, 7) is 0.659. The van der Waals surface area contributed by atoms with Gasteiger partial charge in [0.05, 0.1) is 6.54 Å². The molecule has 1 amide bonds. The number of benzene rings is 1. The quantitative estimate of drug-likeness (QED) is 0.859. The molecule has 0 fully saturated rings. The summed E-state index contributed by atoms with van der Waals surface area (Å²) < 4.78 is 40.2. The molecule has 2 rings (SSSR count). The number of hydrogen-bond donors (Lipinski definition) is 1. The van der Waals surface area contributed by atoms with Crippen molar-refractivity contribution in [2.75, 3.05) is 6.54 Å². The van der Waals surface area contributed by atoms with Gasteiger partial charge in [0.1, 0.15) is 0 Å². The summed E-state index contributed by atoms with van der Waals surface area (Å²) in [6, 6.07) is 3.04. The lowest BCUT2D eigenvalue weighted by Crippen LogP contribution is -2.27. The number of aromatic nitrogens is 2. The molecule has 0 unspecified atom stereocenters. The van der Waals surface area contributed by atoms with E-state index in [1.165, 1.54) is 0 Å². The first-order valence-corrected chi connectivity index (χ1v) is 5.48. The molecule has 2 aromatic rings. The molecule has 1 aromatic heterocycles. The Balaban J connectivity index is 1.96. The number of rotatable bonds is 4. The van der Waals surface area contributed by atoms with Crippen molar-refractivity contribution in [2.45, 2.75) is 6.54 Å². The number of halogens is 3. The molecular weight excluding hydrogens is 259 g/mol. The number of carbonyl (C=O) groups excluding carboxylic acids is 1. The number of nitrogens with one attached hydrogen (secondary N) is 1. The van der Waals surface area contributed by atoms with Crippen LogP contribution in [0.1, 0.15) is 10.4 Å². The first kappa shape index (κ1) is 13.1. The Hall–Kier alpha value is -2.31. The average molecular weight is 269 g/mol. The maximum Gasteiger partial charge on any atom is 0.251 e. The fourth-order valence-electron chi connectivity index (χ4n) is 1.51. The highest BCUT2D eigenvalue weighted by Crippen LogP contribution is 2.13. The molecule has 0 radical (unpaired) electrons. The Morgan fingerprint density at radius 3 is 2.53 bits per heavy atom. The van der Waals surface area contributed by atoms with E-state index >= 15 is 0 Å². The van der Waals surface area contributed by atoms with E-state index in [2.05, 4.69) is 10.4 Å². The molecule has 0 aliphatic rings.